The van der Waals surface area contributed by atoms with E-state index in [1.54, 1.807) is 0 Å². The Balaban J connectivity index is 0.000001000. The van der Waals surface area contributed by atoms with Crippen molar-refractivity contribution in [2.75, 3.05) is 0 Å². The van der Waals surface area contributed by atoms with Crippen LogP contribution in [-0.4, -0.2) is 5.11 Å². The minimum Gasteiger partial charge on any atom is -0.510 e. The molecule has 2 heteroatoms. The minimum absolute atomic E-state index is 0. The van der Waals surface area contributed by atoms with Crippen LogP contribution in [0, 0.1) is 20.8 Å². The standard InChI is InChI=1S/C9H11O.Y/c1-6-4-7(2)9(10)8(3)5-6;/h4-5,10H,1H2,2-3H3;/q-1;. The molecule has 0 heterocycles. The Morgan fingerprint density at radius 3 is 1.91 bits per heavy atom. The quantitative estimate of drug-likeness (QED) is 0.669. The van der Waals surface area contributed by atoms with E-state index in [1.807, 2.05) is 26.0 Å². The fraction of sp³-hybridized carbons (Fsp3) is 0.222. The maximum absolute atomic E-state index is 9.30. The van der Waals surface area contributed by atoms with Gasteiger partial charge in [-0.3, -0.25) is 0 Å². The van der Waals surface area contributed by atoms with Crippen molar-refractivity contribution < 1.29 is 37.8 Å². The predicted molar refractivity (Wildman–Crippen MR) is 42.0 cm³/mol. The molecule has 1 rings (SSSR count). The average molecular weight is 224 g/mol. The van der Waals surface area contributed by atoms with Crippen LogP contribution < -0.4 is 0 Å². The summed E-state index contributed by atoms with van der Waals surface area (Å²) in [4.78, 5) is 0. The van der Waals surface area contributed by atoms with Crippen LogP contribution in [0.15, 0.2) is 12.1 Å². The van der Waals surface area contributed by atoms with E-state index in [0.29, 0.717) is 5.75 Å². The number of aryl methyl sites for hydroxylation is 2. The molecule has 11 heavy (non-hydrogen) atoms. The van der Waals surface area contributed by atoms with Crippen molar-refractivity contribution in [2.24, 2.45) is 0 Å². The molecule has 0 aromatic heterocycles. The third-order valence-corrected chi connectivity index (χ3v) is 1.55. The number of hydrogen-bond donors (Lipinski definition) is 1. The van der Waals surface area contributed by atoms with Crippen LogP contribution in [0.5, 0.6) is 5.75 Å². The molecule has 1 aromatic rings. The maximum Gasteiger partial charge on any atom is 0.0968 e. The smallest absolute Gasteiger partial charge is 0.0968 e. The summed E-state index contributed by atoms with van der Waals surface area (Å²) in [6, 6.07) is 3.73. The molecular weight excluding hydrogens is 213 g/mol. The molecule has 0 spiro atoms. The Bertz CT molecular complexity index is 233. The summed E-state index contributed by atoms with van der Waals surface area (Å²) in [6.45, 7) is 7.52. The van der Waals surface area contributed by atoms with Crippen LogP contribution in [0.2, 0.25) is 0 Å². The number of phenols is 1. The Morgan fingerprint density at radius 2 is 1.55 bits per heavy atom. The van der Waals surface area contributed by atoms with Crippen LogP contribution in [0.1, 0.15) is 16.7 Å². The molecule has 0 amide bonds. The molecule has 0 saturated carbocycles. The van der Waals surface area contributed by atoms with Crippen LogP contribution in [0.4, 0.5) is 0 Å². The summed E-state index contributed by atoms with van der Waals surface area (Å²) in [6.07, 6.45) is 0. The maximum atomic E-state index is 9.30. The summed E-state index contributed by atoms with van der Waals surface area (Å²) >= 11 is 0. The molecule has 0 aliphatic heterocycles. The van der Waals surface area contributed by atoms with Gasteiger partial charge in [0.15, 0.2) is 0 Å². The Kier molecular flexibility index (Phi) is 4.13. The second-order valence-corrected chi connectivity index (χ2v) is 2.58. The van der Waals surface area contributed by atoms with E-state index in [1.165, 1.54) is 0 Å². The normalized spacial score (nSPS) is 8.91. The summed E-state index contributed by atoms with van der Waals surface area (Å²) < 4.78 is 0. The summed E-state index contributed by atoms with van der Waals surface area (Å²) in [7, 11) is 0. The SMILES string of the molecule is [CH2-]c1cc(C)c(O)c(C)c1.[Y]. The average Bonchev–Trinajstić information content (AvgIpc) is 1.82. The van der Waals surface area contributed by atoms with Gasteiger partial charge >= 0.3 is 0 Å². The predicted octanol–water partition coefficient (Wildman–Crippen LogP) is 2.19. The van der Waals surface area contributed by atoms with E-state index in [-0.39, 0.29) is 32.7 Å². The molecule has 1 N–H and O–H groups in total. The fourth-order valence-corrected chi connectivity index (χ4v) is 1.05. The molecule has 1 radical (unpaired) electrons. The first-order valence-corrected chi connectivity index (χ1v) is 3.23. The topological polar surface area (TPSA) is 20.2 Å². The van der Waals surface area contributed by atoms with Gasteiger partial charge in [0.05, 0.1) is 5.75 Å². The molecule has 57 valence electrons. The van der Waals surface area contributed by atoms with Crippen molar-refractivity contribution in [1.82, 2.24) is 0 Å². The third kappa shape index (κ3) is 2.50. The van der Waals surface area contributed by atoms with Crippen LogP contribution >= 0.6 is 0 Å². The molecule has 0 unspecified atom stereocenters. The molecule has 0 aliphatic carbocycles. The van der Waals surface area contributed by atoms with Crippen molar-refractivity contribution in [3.8, 4) is 5.75 Å². The number of benzene rings is 1. The second-order valence-electron chi connectivity index (χ2n) is 2.58. The molecule has 0 bridgehead atoms. The van der Waals surface area contributed by atoms with Crippen LogP contribution in [0.25, 0.3) is 0 Å². The van der Waals surface area contributed by atoms with Gasteiger partial charge in [0, 0.05) is 32.7 Å². The van der Waals surface area contributed by atoms with Crippen LogP contribution in [0.3, 0.4) is 0 Å². The molecule has 1 aromatic carbocycles. The van der Waals surface area contributed by atoms with E-state index in [0.717, 1.165) is 16.7 Å². The largest absolute Gasteiger partial charge is 0.510 e. The van der Waals surface area contributed by atoms with Crippen molar-refractivity contribution in [3.63, 3.8) is 0 Å². The zero-order valence-electron chi connectivity index (χ0n) is 6.89. The van der Waals surface area contributed by atoms with Gasteiger partial charge in [0.1, 0.15) is 0 Å². The molecule has 0 saturated heterocycles. The first-order chi connectivity index (χ1) is 4.61. The Morgan fingerprint density at radius 1 is 1.18 bits per heavy atom. The molecular formula is C9H11OY-. The summed E-state index contributed by atoms with van der Waals surface area (Å²) in [5.41, 5.74) is 2.74. The Hall–Kier alpha value is -0.00610. The first kappa shape index (κ1) is 11.0. The van der Waals surface area contributed by atoms with Gasteiger partial charge < -0.3 is 5.11 Å². The number of phenolic OH excluding ortho intramolecular Hbond substituents is 1. The van der Waals surface area contributed by atoms with Crippen molar-refractivity contribution in [1.29, 1.82) is 0 Å². The zero-order chi connectivity index (χ0) is 7.72. The van der Waals surface area contributed by atoms with E-state index >= 15 is 0 Å². The minimum atomic E-state index is 0. The van der Waals surface area contributed by atoms with Crippen LogP contribution in [-0.2, 0) is 32.7 Å². The Labute approximate surface area is 92.7 Å². The zero-order valence-corrected chi connectivity index (χ0v) is 9.72. The van der Waals surface area contributed by atoms with E-state index in [4.69, 9.17) is 0 Å². The molecule has 1 nitrogen and oxygen atoms in total. The van der Waals surface area contributed by atoms with Crippen molar-refractivity contribution >= 4 is 0 Å². The number of aromatic hydroxyl groups is 1. The van der Waals surface area contributed by atoms with Crippen molar-refractivity contribution in [2.45, 2.75) is 13.8 Å². The van der Waals surface area contributed by atoms with Gasteiger partial charge in [-0.25, -0.2) is 0 Å². The van der Waals surface area contributed by atoms with E-state index in [9.17, 15) is 5.11 Å². The van der Waals surface area contributed by atoms with Gasteiger partial charge in [-0.05, 0) is 13.8 Å². The summed E-state index contributed by atoms with van der Waals surface area (Å²) in [5, 5.41) is 9.30. The van der Waals surface area contributed by atoms with E-state index < -0.39 is 0 Å². The van der Waals surface area contributed by atoms with Gasteiger partial charge in [0.25, 0.3) is 0 Å². The van der Waals surface area contributed by atoms with E-state index in [2.05, 4.69) is 6.92 Å². The van der Waals surface area contributed by atoms with Crippen molar-refractivity contribution in [3.05, 3.63) is 35.7 Å². The fourth-order valence-electron chi connectivity index (χ4n) is 1.05. The third-order valence-electron chi connectivity index (χ3n) is 1.55. The van der Waals surface area contributed by atoms with Gasteiger partial charge in [-0.1, -0.05) is 11.1 Å². The number of rotatable bonds is 0. The monoisotopic (exact) mass is 224 g/mol. The molecule has 0 aliphatic rings. The second kappa shape index (κ2) is 4.13. The first-order valence-electron chi connectivity index (χ1n) is 3.23. The van der Waals surface area contributed by atoms with Gasteiger partial charge in [-0.15, -0.1) is 0 Å². The van der Waals surface area contributed by atoms with Gasteiger partial charge in [0.2, 0.25) is 0 Å². The van der Waals surface area contributed by atoms with Gasteiger partial charge in [-0.2, -0.15) is 24.6 Å². The number of hydrogen-bond acceptors (Lipinski definition) is 1. The summed E-state index contributed by atoms with van der Waals surface area (Å²) in [5.74, 6) is 0.382. The molecule has 0 atom stereocenters. The molecule has 0 fully saturated rings.